The number of likely N-dealkylation sites (tertiary alicyclic amines) is 1. The number of ketones is 1. The van der Waals surface area contributed by atoms with Gasteiger partial charge in [-0.2, -0.15) is 5.10 Å². The van der Waals surface area contributed by atoms with Gasteiger partial charge in [-0.25, -0.2) is 14.5 Å². The van der Waals surface area contributed by atoms with Gasteiger partial charge in [0.05, 0.1) is 16.7 Å². The Morgan fingerprint density at radius 2 is 1.89 bits per heavy atom. The van der Waals surface area contributed by atoms with Crippen molar-refractivity contribution >= 4 is 28.3 Å². The third-order valence-electron chi connectivity index (χ3n) is 8.24. The molecule has 8 nitrogen and oxygen atoms in total. The molecule has 2 aliphatic rings. The van der Waals surface area contributed by atoms with Gasteiger partial charge in [-0.05, 0) is 62.8 Å². The van der Waals surface area contributed by atoms with Crippen molar-refractivity contribution in [3.63, 3.8) is 0 Å². The van der Waals surface area contributed by atoms with E-state index in [9.17, 15) is 4.79 Å². The third-order valence-corrected chi connectivity index (χ3v) is 8.24. The first-order chi connectivity index (χ1) is 17.3. The predicted molar refractivity (Wildman–Crippen MR) is 143 cm³/mol. The molecule has 0 spiro atoms. The van der Waals surface area contributed by atoms with E-state index < -0.39 is 0 Å². The van der Waals surface area contributed by atoms with Crippen LogP contribution >= 0.6 is 0 Å². The van der Waals surface area contributed by atoms with Crippen LogP contribution in [0.5, 0.6) is 0 Å². The van der Waals surface area contributed by atoms with Crippen molar-refractivity contribution in [3.05, 3.63) is 41.3 Å². The SMILES string of the molecule is CC(=O)CCN1C[C@H]2CC[C@@H](C1)N2c1ccc2[nH]c(-c3cn4ncnc4c(C)c3C)c(C(C)C)c2n1. The van der Waals surface area contributed by atoms with E-state index in [0.717, 1.165) is 59.0 Å². The lowest BCUT2D eigenvalue weighted by molar-refractivity contribution is -0.117. The van der Waals surface area contributed by atoms with E-state index in [2.05, 4.69) is 70.9 Å². The molecule has 188 valence electrons. The number of hydrogen-bond acceptors (Lipinski definition) is 6. The van der Waals surface area contributed by atoms with Crippen molar-refractivity contribution in [1.29, 1.82) is 0 Å². The third kappa shape index (κ3) is 3.70. The quantitative estimate of drug-likeness (QED) is 0.428. The zero-order valence-corrected chi connectivity index (χ0v) is 21.9. The Morgan fingerprint density at radius 1 is 1.14 bits per heavy atom. The molecule has 2 atom stereocenters. The van der Waals surface area contributed by atoms with Crippen LogP contribution in [0.3, 0.4) is 0 Å². The first-order valence-electron chi connectivity index (χ1n) is 13.1. The fourth-order valence-corrected chi connectivity index (χ4v) is 6.31. The molecule has 6 heterocycles. The first kappa shape index (κ1) is 23.2. The van der Waals surface area contributed by atoms with E-state index >= 15 is 0 Å². The molecule has 36 heavy (non-hydrogen) atoms. The minimum Gasteiger partial charge on any atom is -0.353 e. The summed E-state index contributed by atoms with van der Waals surface area (Å²) in [5.74, 6) is 1.66. The van der Waals surface area contributed by atoms with Gasteiger partial charge in [0.15, 0.2) is 5.65 Å². The van der Waals surface area contributed by atoms with Gasteiger partial charge in [-0.1, -0.05) is 13.8 Å². The van der Waals surface area contributed by atoms with Crippen molar-refractivity contribution in [2.24, 2.45) is 0 Å². The predicted octanol–water partition coefficient (Wildman–Crippen LogP) is 4.64. The Hall–Kier alpha value is -3.26. The molecular formula is C28H35N7O. The number of nitrogens with one attached hydrogen (secondary N) is 1. The molecule has 2 aliphatic heterocycles. The zero-order valence-electron chi connectivity index (χ0n) is 21.9. The fourth-order valence-electron chi connectivity index (χ4n) is 6.31. The number of H-pyrrole nitrogens is 1. The highest BCUT2D eigenvalue weighted by molar-refractivity contribution is 5.90. The van der Waals surface area contributed by atoms with Crippen LogP contribution in [-0.2, 0) is 4.79 Å². The number of aromatic amines is 1. The Morgan fingerprint density at radius 3 is 2.58 bits per heavy atom. The number of carbonyl (C=O) groups is 1. The summed E-state index contributed by atoms with van der Waals surface area (Å²) in [5, 5.41) is 4.41. The largest absolute Gasteiger partial charge is 0.353 e. The number of fused-ring (bicyclic) bond motifs is 4. The van der Waals surface area contributed by atoms with Gasteiger partial charge >= 0.3 is 0 Å². The zero-order chi connectivity index (χ0) is 25.1. The molecule has 0 radical (unpaired) electrons. The van der Waals surface area contributed by atoms with E-state index in [4.69, 9.17) is 4.98 Å². The standard InChI is InChI=1S/C28H35N7O/c1-16(2)25-26(22-14-34-28(29-15-30-34)19(5)18(22)4)31-23-8-9-24(32-27(23)25)35-20-6-7-21(35)13-33(12-20)11-10-17(3)36/h8-9,14-16,20-21,31H,6-7,10-13H2,1-5H3/t20-,21+. The molecule has 1 N–H and O–H groups in total. The van der Waals surface area contributed by atoms with Crippen molar-refractivity contribution in [1.82, 2.24) is 29.5 Å². The van der Waals surface area contributed by atoms with Gasteiger partial charge < -0.3 is 9.88 Å². The second-order valence-electron chi connectivity index (χ2n) is 11.0. The van der Waals surface area contributed by atoms with Crippen LogP contribution in [0.2, 0.25) is 0 Å². The highest BCUT2D eigenvalue weighted by Crippen LogP contribution is 2.40. The minimum absolute atomic E-state index is 0.273. The second-order valence-corrected chi connectivity index (χ2v) is 11.0. The lowest BCUT2D eigenvalue weighted by Crippen LogP contribution is -2.54. The van der Waals surface area contributed by atoms with Crippen LogP contribution in [0.4, 0.5) is 5.82 Å². The van der Waals surface area contributed by atoms with Crippen LogP contribution in [0.15, 0.2) is 24.7 Å². The summed E-state index contributed by atoms with van der Waals surface area (Å²) in [6.07, 6.45) is 6.72. The molecule has 0 aromatic carbocycles. The summed E-state index contributed by atoms with van der Waals surface area (Å²) in [5.41, 5.74) is 8.91. The highest BCUT2D eigenvalue weighted by Gasteiger charge is 2.40. The van der Waals surface area contributed by atoms with Crippen molar-refractivity contribution in [2.75, 3.05) is 24.5 Å². The van der Waals surface area contributed by atoms with E-state index in [1.54, 1.807) is 13.3 Å². The Bertz CT molecular complexity index is 1450. The molecule has 2 fully saturated rings. The summed E-state index contributed by atoms with van der Waals surface area (Å²) in [4.78, 5) is 30.0. The van der Waals surface area contributed by atoms with Gasteiger partial charge in [0.1, 0.15) is 17.9 Å². The molecule has 6 rings (SSSR count). The number of anilines is 1. The second kappa shape index (κ2) is 8.69. The maximum atomic E-state index is 11.5. The van der Waals surface area contributed by atoms with Crippen molar-refractivity contribution in [3.8, 4) is 11.3 Å². The fraction of sp³-hybridized carbons (Fsp3) is 0.500. The van der Waals surface area contributed by atoms with Gasteiger partial charge in [0, 0.05) is 55.5 Å². The molecule has 8 heteroatoms. The Labute approximate surface area is 211 Å². The molecule has 4 aromatic rings. The number of Topliss-reactive ketones (excluding diaryl/α,β-unsaturated/α-hetero) is 1. The number of aromatic nitrogens is 5. The molecule has 0 unspecified atom stereocenters. The molecule has 0 amide bonds. The summed E-state index contributed by atoms with van der Waals surface area (Å²) in [6, 6.07) is 5.30. The molecule has 2 bridgehead atoms. The Kier molecular flexibility index (Phi) is 5.59. The van der Waals surface area contributed by atoms with Crippen molar-refractivity contribution in [2.45, 2.75) is 71.9 Å². The van der Waals surface area contributed by atoms with E-state index in [1.165, 1.54) is 24.0 Å². The number of hydrogen-bond donors (Lipinski definition) is 1. The number of aryl methyl sites for hydroxylation is 1. The highest BCUT2D eigenvalue weighted by atomic mass is 16.1. The summed E-state index contributed by atoms with van der Waals surface area (Å²) < 4.78 is 1.87. The molecule has 0 saturated carbocycles. The normalized spacial score (nSPS) is 20.3. The monoisotopic (exact) mass is 485 g/mol. The summed E-state index contributed by atoms with van der Waals surface area (Å²) >= 11 is 0. The maximum Gasteiger partial charge on any atom is 0.158 e. The number of piperazine rings is 1. The number of nitrogens with zero attached hydrogens (tertiary/aromatic N) is 6. The van der Waals surface area contributed by atoms with Crippen LogP contribution in [-0.4, -0.2) is 67.0 Å². The van der Waals surface area contributed by atoms with Crippen molar-refractivity contribution < 1.29 is 4.79 Å². The number of carbonyl (C=O) groups excluding carboxylic acids is 1. The average molecular weight is 486 g/mol. The lowest BCUT2D eigenvalue weighted by Gasteiger charge is -2.41. The van der Waals surface area contributed by atoms with E-state index in [0.29, 0.717) is 24.4 Å². The summed E-state index contributed by atoms with van der Waals surface area (Å²) in [6.45, 7) is 13.3. The molecule has 0 aliphatic carbocycles. The Balaban J connectivity index is 1.40. The molecule has 2 saturated heterocycles. The number of pyridine rings is 2. The smallest absolute Gasteiger partial charge is 0.158 e. The lowest BCUT2D eigenvalue weighted by atomic mass is 9.95. The van der Waals surface area contributed by atoms with E-state index in [-0.39, 0.29) is 5.78 Å². The minimum atomic E-state index is 0.273. The molecule has 4 aromatic heterocycles. The van der Waals surface area contributed by atoms with Gasteiger partial charge in [-0.15, -0.1) is 0 Å². The molecular weight excluding hydrogens is 450 g/mol. The maximum absolute atomic E-state index is 11.5. The van der Waals surface area contributed by atoms with Crippen LogP contribution in [0.25, 0.3) is 27.9 Å². The van der Waals surface area contributed by atoms with E-state index in [1.807, 2.05) is 4.52 Å². The average Bonchev–Trinajstić information content (AvgIpc) is 3.53. The number of rotatable bonds is 6. The van der Waals surface area contributed by atoms with Gasteiger partial charge in [0.2, 0.25) is 0 Å². The van der Waals surface area contributed by atoms with Crippen LogP contribution in [0.1, 0.15) is 62.6 Å². The summed E-state index contributed by atoms with van der Waals surface area (Å²) in [7, 11) is 0. The van der Waals surface area contributed by atoms with Crippen LogP contribution < -0.4 is 4.90 Å². The van der Waals surface area contributed by atoms with Gasteiger partial charge in [0.25, 0.3) is 0 Å². The van der Waals surface area contributed by atoms with Gasteiger partial charge in [-0.3, -0.25) is 9.69 Å². The first-order valence-corrected chi connectivity index (χ1v) is 13.1. The topological polar surface area (TPSA) is 82.4 Å². The van der Waals surface area contributed by atoms with Crippen LogP contribution in [0, 0.1) is 13.8 Å².